The highest BCUT2D eigenvalue weighted by Gasteiger charge is 2.20. The summed E-state index contributed by atoms with van der Waals surface area (Å²) in [6, 6.07) is 28.5. The minimum Gasteiger partial charge on any atom is -0.497 e. The van der Waals surface area contributed by atoms with E-state index in [1.165, 1.54) is 4.90 Å². The summed E-state index contributed by atoms with van der Waals surface area (Å²) in [6.07, 6.45) is 0.168. The van der Waals surface area contributed by atoms with Gasteiger partial charge in [0.15, 0.2) is 0 Å². The molecule has 8 nitrogen and oxygen atoms in total. The van der Waals surface area contributed by atoms with Crippen molar-refractivity contribution in [3.8, 4) is 22.7 Å². The first-order chi connectivity index (χ1) is 18.1. The number of carbonyl (C=O) groups excluding carboxylic acids is 2. The van der Waals surface area contributed by atoms with Gasteiger partial charge < -0.3 is 19.7 Å². The lowest BCUT2D eigenvalue weighted by Crippen LogP contribution is -2.41. The van der Waals surface area contributed by atoms with Crippen LogP contribution in [-0.4, -0.2) is 60.4 Å². The molecule has 1 heterocycles. The summed E-state index contributed by atoms with van der Waals surface area (Å²) in [5, 5.41) is 7.68. The highest BCUT2D eigenvalue weighted by atomic mass is 16.5. The fraction of sp³-hybridized carbons (Fsp3) is 0.207. The number of nitrogens with zero attached hydrogens (tertiary/aromatic N) is 3. The van der Waals surface area contributed by atoms with Gasteiger partial charge in [0.05, 0.1) is 38.1 Å². The predicted octanol–water partition coefficient (Wildman–Crippen LogP) is 4.20. The summed E-state index contributed by atoms with van der Waals surface area (Å²) < 4.78 is 12.1. The van der Waals surface area contributed by atoms with Crippen LogP contribution in [0.1, 0.15) is 5.56 Å². The number of para-hydroxylation sites is 1. The Morgan fingerprint density at radius 3 is 2.24 bits per heavy atom. The number of benzene rings is 3. The lowest BCUT2D eigenvalue weighted by Gasteiger charge is -2.22. The molecule has 190 valence electrons. The maximum absolute atomic E-state index is 13.2. The molecule has 4 rings (SSSR count). The molecule has 0 unspecified atom stereocenters. The average Bonchev–Trinajstić information content (AvgIpc) is 3.36. The molecule has 0 saturated heterocycles. The number of nitrogens with one attached hydrogen (secondary N) is 1. The van der Waals surface area contributed by atoms with Gasteiger partial charge in [0.1, 0.15) is 11.6 Å². The van der Waals surface area contributed by atoms with Crippen molar-refractivity contribution >= 4 is 17.6 Å². The number of amides is 2. The molecule has 0 aliphatic carbocycles. The topological polar surface area (TPSA) is 85.7 Å². The molecule has 8 heteroatoms. The molecular formula is C29H30N4O4. The van der Waals surface area contributed by atoms with E-state index in [4.69, 9.17) is 14.6 Å². The largest absolute Gasteiger partial charge is 0.497 e. The van der Waals surface area contributed by atoms with Crippen molar-refractivity contribution in [3.05, 3.63) is 96.6 Å². The van der Waals surface area contributed by atoms with Gasteiger partial charge in [0.2, 0.25) is 11.8 Å². The second kappa shape index (κ2) is 12.5. The van der Waals surface area contributed by atoms with Gasteiger partial charge in [-0.1, -0.05) is 60.7 Å². The highest BCUT2D eigenvalue weighted by molar-refractivity contribution is 5.95. The van der Waals surface area contributed by atoms with E-state index in [9.17, 15) is 9.59 Å². The Bertz CT molecular complexity index is 1310. The number of hydrogen-bond acceptors (Lipinski definition) is 5. The zero-order valence-electron chi connectivity index (χ0n) is 21.0. The van der Waals surface area contributed by atoms with Crippen LogP contribution in [0.25, 0.3) is 16.9 Å². The molecule has 1 aromatic heterocycles. The fourth-order valence-electron chi connectivity index (χ4n) is 3.87. The maximum Gasteiger partial charge on any atom is 0.245 e. The molecule has 0 fully saturated rings. The smallest absolute Gasteiger partial charge is 0.245 e. The van der Waals surface area contributed by atoms with E-state index in [0.717, 1.165) is 28.3 Å². The van der Waals surface area contributed by atoms with Crippen molar-refractivity contribution in [3.63, 3.8) is 0 Å². The quantitative estimate of drug-likeness (QED) is 0.335. The summed E-state index contributed by atoms with van der Waals surface area (Å²) >= 11 is 0. The van der Waals surface area contributed by atoms with Crippen molar-refractivity contribution in [2.45, 2.75) is 6.42 Å². The van der Waals surface area contributed by atoms with Gasteiger partial charge >= 0.3 is 0 Å². The van der Waals surface area contributed by atoms with Crippen LogP contribution >= 0.6 is 0 Å². The van der Waals surface area contributed by atoms with E-state index in [-0.39, 0.29) is 24.8 Å². The average molecular weight is 499 g/mol. The third-order valence-electron chi connectivity index (χ3n) is 5.81. The molecule has 0 bridgehead atoms. The second-order valence-corrected chi connectivity index (χ2v) is 8.41. The van der Waals surface area contributed by atoms with Crippen LogP contribution in [-0.2, 0) is 20.7 Å². The van der Waals surface area contributed by atoms with E-state index in [2.05, 4.69) is 5.32 Å². The van der Waals surface area contributed by atoms with Gasteiger partial charge in [0.25, 0.3) is 0 Å². The Morgan fingerprint density at radius 1 is 0.919 bits per heavy atom. The molecule has 0 radical (unpaired) electrons. The fourth-order valence-corrected chi connectivity index (χ4v) is 3.87. The van der Waals surface area contributed by atoms with Gasteiger partial charge in [-0.15, -0.1) is 0 Å². The number of carbonyl (C=O) groups is 2. The predicted molar refractivity (Wildman–Crippen MR) is 143 cm³/mol. The van der Waals surface area contributed by atoms with E-state index >= 15 is 0 Å². The highest BCUT2D eigenvalue weighted by Crippen LogP contribution is 2.24. The molecule has 0 atom stereocenters. The molecule has 37 heavy (non-hydrogen) atoms. The van der Waals surface area contributed by atoms with Crippen LogP contribution in [0.5, 0.6) is 5.75 Å². The molecule has 3 aromatic carbocycles. The number of methoxy groups -OCH3 is 2. The third-order valence-corrected chi connectivity index (χ3v) is 5.81. The number of ether oxygens (including phenoxy) is 2. The molecule has 1 N–H and O–H groups in total. The van der Waals surface area contributed by atoms with Gasteiger partial charge in [-0.05, 0) is 29.8 Å². The van der Waals surface area contributed by atoms with Crippen molar-refractivity contribution in [1.29, 1.82) is 0 Å². The van der Waals surface area contributed by atoms with Crippen LogP contribution < -0.4 is 10.1 Å². The summed E-state index contributed by atoms with van der Waals surface area (Å²) in [5.74, 6) is 0.746. The Labute approximate surface area is 216 Å². The van der Waals surface area contributed by atoms with Crippen molar-refractivity contribution in [2.24, 2.45) is 0 Å². The van der Waals surface area contributed by atoms with Crippen LogP contribution in [0.2, 0.25) is 0 Å². The summed E-state index contributed by atoms with van der Waals surface area (Å²) in [4.78, 5) is 27.7. The molecule has 4 aromatic rings. The summed E-state index contributed by atoms with van der Waals surface area (Å²) in [7, 11) is 3.16. The Kier molecular flexibility index (Phi) is 8.67. The zero-order chi connectivity index (χ0) is 26.0. The normalized spacial score (nSPS) is 10.6. The monoisotopic (exact) mass is 498 g/mol. The van der Waals surface area contributed by atoms with Crippen LogP contribution in [0.15, 0.2) is 91.0 Å². The van der Waals surface area contributed by atoms with Crippen LogP contribution in [0.3, 0.4) is 0 Å². The van der Waals surface area contributed by atoms with Gasteiger partial charge in [-0.2, -0.15) is 5.10 Å². The maximum atomic E-state index is 13.2. The Morgan fingerprint density at radius 2 is 1.59 bits per heavy atom. The zero-order valence-corrected chi connectivity index (χ0v) is 21.0. The molecule has 0 spiro atoms. The van der Waals surface area contributed by atoms with Gasteiger partial charge in [0, 0.05) is 25.3 Å². The SMILES string of the molecule is COCCN(CC(=O)Nc1cc(-c2ccccc2)nn1-c1ccccc1)C(=O)Cc1ccc(OC)cc1. The molecule has 0 saturated carbocycles. The number of hydrogen-bond donors (Lipinski definition) is 1. The Hall–Kier alpha value is -4.43. The number of anilines is 1. The molecular weight excluding hydrogens is 468 g/mol. The first kappa shape index (κ1) is 25.7. The minimum atomic E-state index is -0.323. The number of aromatic nitrogens is 2. The van der Waals surface area contributed by atoms with Crippen molar-refractivity contribution < 1.29 is 19.1 Å². The molecule has 0 aliphatic heterocycles. The summed E-state index contributed by atoms with van der Waals surface area (Å²) in [6.45, 7) is 0.507. The molecule has 0 aliphatic rings. The third kappa shape index (κ3) is 6.83. The second-order valence-electron chi connectivity index (χ2n) is 8.41. The standard InChI is InChI=1S/C29H30N4O4/c1-36-18-17-32(29(35)19-22-13-15-25(37-2)16-14-22)21-28(34)30-27-20-26(23-9-5-3-6-10-23)31-33(27)24-11-7-4-8-12-24/h3-16,20H,17-19,21H2,1-2H3,(H,30,34). The lowest BCUT2D eigenvalue weighted by atomic mass is 10.1. The lowest BCUT2D eigenvalue weighted by molar-refractivity contribution is -0.134. The molecule has 2 amide bonds. The first-order valence-corrected chi connectivity index (χ1v) is 12.0. The van der Waals surface area contributed by atoms with Crippen molar-refractivity contribution in [1.82, 2.24) is 14.7 Å². The van der Waals surface area contributed by atoms with Crippen LogP contribution in [0, 0.1) is 0 Å². The van der Waals surface area contributed by atoms with E-state index < -0.39 is 0 Å². The Balaban J connectivity index is 1.52. The van der Waals surface area contributed by atoms with Gasteiger partial charge in [-0.3, -0.25) is 9.59 Å². The summed E-state index contributed by atoms with van der Waals surface area (Å²) in [5.41, 5.74) is 3.31. The minimum absolute atomic E-state index is 0.112. The number of rotatable bonds is 11. The van der Waals surface area contributed by atoms with Gasteiger partial charge in [-0.25, -0.2) is 4.68 Å². The van der Waals surface area contributed by atoms with Crippen molar-refractivity contribution in [2.75, 3.05) is 39.2 Å². The van der Waals surface area contributed by atoms with E-state index in [0.29, 0.717) is 19.0 Å². The van der Waals surface area contributed by atoms with E-state index in [1.807, 2.05) is 91.0 Å². The van der Waals surface area contributed by atoms with Crippen LogP contribution in [0.4, 0.5) is 5.82 Å². The first-order valence-electron chi connectivity index (χ1n) is 12.0. The van der Waals surface area contributed by atoms with E-state index in [1.54, 1.807) is 18.9 Å².